The van der Waals surface area contributed by atoms with Gasteiger partial charge in [0.1, 0.15) is 5.00 Å². The molecule has 2 heterocycles. The Balaban J connectivity index is 1.41. The van der Waals surface area contributed by atoms with Crippen LogP contribution in [0.2, 0.25) is 0 Å². The number of aliphatic imine (C=N–C) groups is 1. The molecule has 0 radical (unpaired) electrons. The third kappa shape index (κ3) is 3.40. The summed E-state index contributed by atoms with van der Waals surface area (Å²) in [5.74, 6) is 0. The van der Waals surface area contributed by atoms with Gasteiger partial charge in [0.25, 0.3) is 0 Å². The largest absolute Gasteiger partial charge is 0.342 e. The molecule has 1 unspecified atom stereocenters. The lowest BCUT2D eigenvalue weighted by atomic mass is 9.95. The molecule has 4 aromatic carbocycles. The molecule has 32 heavy (non-hydrogen) atoms. The van der Waals surface area contributed by atoms with E-state index in [0.29, 0.717) is 0 Å². The molecule has 1 N–H and O–H groups in total. The van der Waals surface area contributed by atoms with Gasteiger partial charge in [-0.3, -0.25) is 0 Å². The van der Waals surface area contributed by atoms with E-state index in [1.807, 2.05) is 6.07 Å². The average molecular weight is 451 g/mol. The van der Waals surface area contributed by atoms with Crippen molar-refractivity contribution in [3.63, 3.8) is 0 Å². The maximum atomic E-state index is 6.46. The van der Waals surface area contributed by atoms with Gasteiger partial charge in [0, 0.05) is 21.2 Å². The molecule has 0 bridgehead atoms. The molecular weight excluding hydrogens is 432 g/mol. The van der Waals surface area contributed by atoms with Gasteiger partial charge in [-0.1, -0.05) is 103 Å². The summed E-state index contributed by atoms with van der Waals surface area (Å²) < 4.78 is 1.23. The first-order valence-corrected chi connectivity index (χ1v) is 11.8. The standard InChI is InChI=1S/C28H19ClN2S/c29-28-30-26(25-23-11-4-5-12-24(23)32-27(25)31-28)22-10-6-9-21(17-22)20-15-13-19(14-16-20)18-7-2-1-3-8-18/h1-17,28,31H. The van der Waals surface area contributed by atoms with Crippen molar-refractivity contribution in [3.8, 4) is 22.3 Å². The number of halogens is 1. The van der Waals surface area contributed by atoms with Gasteiger partial charge in [-0.15, -0.1) is 11.3 Å². The molecule has 0 fully saturated rings. The third-order valence-corrected chi connectivity index (χ3v) is 7.09. The molecule has 0 saturated carbocycles. The van der Waals surface area contributed by atoms with Gasteiger partial charge in [0.15, 0.2) is 5.62 Å². The van der Waals surface area contributed by atoms with Crippen LogP contribution in [0.15, 0.2) is 108 Å². The van der Waals surface area contributed by atoms with Crippen molar-refractivity contribution >= 4 is 43.7 Å². The summed E-state index contributed by atoms with van der Waals surface area (Å²) in [6.45, 7) is 0. The second kappa shape index (κ2) is 7.94. The summed E-state index contributed by atoms with van der Waals surface area (Å²) in [5, 5.41) is 5.60. The Bertz CT molecular complexity index is 1450. The molecule has 0 amide bonds. The number of nitrogens with one attached hydrogen (secondary N) is 1. The van der Waals surface area contributed by atoms with Crippen molar-refractivity contribution in [1.82, 2.24) is 0 Å². The molecule has 1 aromatic heterocycles. The van der Waals surface area contributed by atoms with Crippen LogP contribution in [0.3, 0.4) is 0 Å². The van der Waals surface area contributed by atoms with Crippen LogP contribution in [-0.4, -0.2) is 11.3 Å². The van der Waals surface area contributed by atoms with E-state index in [2.05, 4.69) is 102 Å². The summed E-state index contributed by atoms with van der Waals surface area (Å²) in [7, 11) is 0. The first kappa shape index (κ1) is 19.3. The molecule has 6 rings (SSSR count). The molecule has 0 aliphatic carbocycles. The fraction of sp³-hybridized carbons (Fsp3) is 0.0357. The topological polar surface area (TPSA) is 24.4 Å². The van der Waals surface area contributed by atoms with Gasteiger partial charge in [-0.2, -0.15) is 0 Å². The molecule has 1 aliphatic heterocycles. The van der Waals surface area contributed by atoms with Crippen molar-refractivity contribution in [2.24, 2.45) is 4.99 Å². The SMILES string of the molecule is ClC1N=C(c2cccc(-c3ccc(-c4ccccc4)cc3)c2)c2c(sc3ccccc23)N1. The Kier molecular flexibility index (Phi) is 4.79. The number of thiophene rings is 1. The molecule has 5 aromatic rings. The highest BCUT2D eigenvalue weighted by molar-refractivity contribution is 7.23. The van der Waals surface area contributed by atoms with E-state index >= 15 is 0 Å². The smallest absolute Gasteiger partial charge is 0.196 e. The predicted octanol–water partition coefficient (Wildman–Crippen LogP) is 8.02. The monoisotopic (exact) mass is 450 g/mol. The van der Waals surface area contributed by atoms with Crippen molar-refractivity contribution in [3.05, 3.63) is 114 Å². The van der Waals surface area contributed by atoms with Crippen LogP contribution in [0.25, 0.3) is 32.3 Å². The van der Waals surface area contributed by atoms with E-state index < -0.39 is 5.62 Å². The Hall–Kier alpha value is -3.40. The first-order valence-electron chi connectivity index (χ1n) is 10.5. The van der Waals surface area contributed by atoms with E-state index in [4.69, 9.17) is 16.6 Å². The number of nitrogens with zero attached hydrogens (tertiary/aromatic N) is 1. The molecule has 154 valence electrons. The van der Waals surface area contributed by atoms with Crippen LogP contribution in [0.4, 0.5) is 5.00 Å². The minimum atomic E-state index is -0.473. The maximum Gasteiger partial charge on any atom is 0.196 e. The summed E-state index contributed by atoms with van der Waals surface area (Å²) in [6.07, 6.45) is 0. The fourth-order valence-corrected chi connectivity index (χ4v) is 5.65. The minimum absolute atomic E-state index is 0.473. The Morgan fingerprint density at radius 3 is 2.09 bits per heavy atom. The number of anilines is 1. The lowest BCUT2D eigenvalue weighted by Gasteiger charge is -2.20. The second-order valence-corrected chi connectivity index (χ2v) is 9.25. The normalized spacial score (nSPS) is 15.2. The maximum absolute atomic E-state index is 6.46. The van der Waals surface area contributed by atoms with Crippen molar-refractivity contribution < 1.29 is 0 Å². The zero-order valence-electron chi connectivity index (χ0n) is 17.1. The highest BCUT2D eigenvalue weighted by Gasteiger charge is 2.25. The number of hydrogen-bond donors (Lipinski definition) is 1. The summed E-state index contributed by atoms with van der Waals surface area (Å²) in [4.78, 5) is 4.78. The number of rotatable bonds is 3. The van der Waals surface area contributed by atoms with Gasteiger partial charge in [0.05, 0.1) is 5.71 Å². The average Bonchev–Trinajstić information content (AvgIpc) is 3.22. The van der Waals surface area contributed by atoms with Gasteiger partial charge in [-0.05, 0) is 34.4 Å². The number of fused-ring (bicyclic) bond motifs is 3. The van der Waals surface area contributed by atoms with Crippen LogP contribution in [0.5, 0.6) is 0 Å². The Labute approximate surface area is 195 Å². The number of hydrogen-bond acceptors (Lipinski definition) is 3. The van der Waals surface area contributed by atoms with E-state index in [1.165, 1.54) is 26.8 Å². The summed E-state index contributed by atoms with van der Waals surface area (Å²) in [6, 6.07) is 36.2. The minimum Gasteiger partial charge on any atom is -0.342 e. The van der Waals surface area contributed by atoms with E-state index in [-0.39, 0.29) is 0 Å². The molecule has 1 atom stereocenters. The van der Waals surface area contributed by atoms with Gasteiger partial charge in [0.2, 0.25) is 0 Å². The van der Waals surface area contributed by atoms with E-state index in [1.54, 1.807) is 11.3 Å². The van der Waals surface area contributed by atoms with Gasteiger partial charge in [-0.25, -0.2) is 4.99 Å². The van der Waals surface area contributed by atoms with Crippen LogP contribution in [-0.2, 0) is 0 Å². The fourth-order valence-electron chi connectivity index (χ4n) is 4.25. The molecule has 0 spiro atoms. The van der Waals surface area contributed by atoms with Crippen LogP contribution < -0.4 is 5.32 Å². The van der Waals surface area contributed by atoms with Crippen LogP contribution in [0.1, 0.15) is 11.1 Å². The predicted molar refractivity (Wildman–Crippen MR) is 138 cm³/mol. The number of alkyl halides is 1. The molecule has 0 saturated heterocycles. The third-order valence-electron chi connectivity index (χ3n) is 5.79. The van der Waals surface area contributed by atoms with Gasteiger partial charge < -0.3 is 5.32 Å². The highest BCUT2D eigenvalue weighted by atomic mass is 35.5. The lowest BCUT2D eigenvalue weighted by Crippen LogP contribution is -2.20. The summed E-state index contributed by atoms with van der Waals surface area (Å²) >= 11 is 8.18. The first-order chi connectivity index (χ1) is 15.8. The second-order valence-electron chi connectivity index (χ2n) is 7.78. The zero-order valence-corrected chi connectivity index (χ0v) is 18.7. The van der Waals surface area contributed by atoms with E-state index in [9.17, 15) is 0 Å². The molecule has 2 nitrogen and oxygen atoms in total. The molecular formula is C28H19ClN2S. The zero-order chi connectivity index (χ0) is 21.5. The number of benzene rings is 4. The van der Waals surface area contributed by atoms with Crippen molar-refractivity contribution in [1.29, 1.82) is 0 Å². The lowest BCUT2D eigenvalue weighted by molar-refractivity contribution is 1.04. The molecule has 4 heteroatoms. The van der Waals surface area contributed by atoms with Crippen LogP contribution >= 0.6 is 22.9 Å². The van der Waals surface area contributed by atoms with Crippen molar-refractivity contribution in [2.75, 3.05) is 5.32 Å². The Morgan fingerprint density at radius 2 is 1.28 bits per heavy atom. The van der Waals surface area contributed by atoms with Crippen molar-refractivity contribution in [2.45, 2.75) is 5.62 Å². The van der Waals surface area contributed by atoms with E-state index in [0.717, 1.165) is 27.4 Å². The quantitative estimate of drug-likeness (QED) is 0.218. The summed E-state index contributed by atoms with van der Waals surface area (Å²) in [5.41, 5.74) is 7.47. The van der Waals surface area contributed by atoms with Gasteiger partial charge >= 0.3 is 0 Å². The highest BCUT2D eigenvalue weighted by Crippen LogP contribution is 2.40. The Morgan fingerprint density at radius 1 is 0.656 bits per heavy atom. The van der Waals surface area contributed by atoms with Crippen LogP contribution in [0, 0.1) is 0 Å². The molecule has 1 aliphatic rings.